The fraction of sp³-hybridized carbons (Fsp3) is 1.00. The van der Waals surface area contributed by atoms with Crippen LogP contribution in [0.4, 0.5) is 0 Å². The van der Waals surface area contributed by atoms with E-state index in [-0.39, 0.29) is 0 Å². The topological polar surface area (TPSA) is 29.3 Å². The Kier molecular flexibility index (Phi) is 2.61. The van der Waals surface area contributed by atoms with Crippen molar-refractivity contribution in [3.8, 4) is 0 Å². The molecule has 2 nitrogen and oxygen atoms in total. The number of hydrogen-bond donors (Lipinski definition) is 1. The standard InChI is InChI=1S/C11H22N2/c1-11(8-12)5-6-13(9-11)7-10-3-2-4-10/h10H,2-9,12H2,1H3. The second-order valence-corrected chi connectivity index (χ2v) is 5.30. The lowest BCUT2D eigenvalue weighted by atomic mass is 9.85. The van der Waals surface area contributed by atoms with Crippen LogP contribution in [0.2, 0.25) is 0 Å². The number of rotatable bonds is 3. The van der Waals surface area contributed by atoms with Gasteiger partial charge in [0, 0.05) is 13.1 Å². The summed E-state index contributed by atoms with van der Waals surface area (Å²) in [6.07, 6.45) is 5.70. The molecule has 2 rings (SSSR count). The van der Waals surface area contributed by atoms with Gasteiger partial charge in [-0.3, -0.25) is 0 Å². The van der Waals surface area contributed by atoms with Gasteiger partial charge in [-0.1, -0.05) is 13.3 Å². The molecular weight excluding hydrogens is 160 g/mol. The average molecular weight is 182 g/mol. The lowest BCUT2D eigenvalue weighted by molar-refractivity contribution is 0.189. The molecule has 1 unspecified atom stereocenters. The third-order valence-corrected chi connectivity index (χ3v) is 3.87. The molecule has 1 heterocycles. The molecule has 0 bridgehead atoms. The van der Waals surface area contributed by atoms with Gasteiger partial charge in [0.25, 0.3) is 0 Å². The van der Waals surface area contributed by atoms with Crippen molar-refractivity contribution < 1.29 is 0 Å². The maximum Gasteiger partial charge on any atom is 0.00480 e. The lowest BCUT2D eigenvalue weighted by Gasteiger charge is -2.31. The van der Waals surface area contributed by atoms with Gasteiger partial charge in [0.1, 0.15) is 0 Å². The largest absolute Gasteiger partial charge is 0.330 e. The number of nitrogens with two attached hydrogens (primary N) is 1. The number of hydrogen-bond acceptors (Lipinski definition) is 2. The van der Waals surface area contributed by atoms with E-state index >= 15 is 0 Å². The molecule has 2 heteroatoms. The Bertz CT molecular complexity index is 177. The molecule has 0 aromatic heterocycles. The van der Waals surface area contributed by atoms with Crippen LogP contribution in [-0.4, -0.2) is 31.1 Å². The van der Waals surface area contributed by atoms with Gasteiger partial charge < -0.3 is 10.6 Å². The maximum atomic E-state index is 5.78. The van der Waals surface area contributed by atoms with Crippen LogP contribution in [0, 0.1) is 11.3 Å². The van der Waals surface area contributed by atoms with E-state index in [0.717, 1.165) is 12.5 Å². The Labute approximate surface area is 81.5 Å². The van der Waals surface area contributed by atoms with Crippen molar-refractivity contribution in [2.24, 2.45) is 17.1 Å². The van der Waals surface area contributed by atoms with E-state index in [1.165, 1.54) is 45.3 Å². The molecule has 2 aliphatic rings. The summed E-state index contributed by atoms with van der Waals surface area (Å²) >= 11 is 0. The average Bonchev–Trinajstić information content (AvgIpc) is 2.42. The van der Waals surface area contributed by atoms with Crippen LogP contribution < -0.4 is 5.73 Å². The summed E-state index contributed by atoms with van der Waals surface area (Å²) < 4.78 is 0. The van der Waals surface area contributed by atoms with Gasteiger partial charge in [-0.2, -0.15) is 0 Å². The van der Waals surface area contributed by atoms with Gasteiger partial charge >= 0.3 is 0 Å². The summed E-state index contributed by atoms with van der Waals surface area (Å²) in [5, 5.41) is 0. The third kappa shape index (κ3) is 2.05. The first-order valence-corrected chi connectivity index (χ1v) is 5.64. The second-order valence-electron chi connectivity index (χ2n) is 5.30. The van der Waals surface area contributed by atoms with E-state index in [4.69, 9.17) is 5.73 Å². The Balaban J connectivity index is 1.77. The Morgan fingerprint density at radius 1 is 1.46 bits per heavy atom. The quantitative estimate of drug-likeness (QED) is 0.716. The highest BCUT2D eigenvalue weighted by Gasteiger charge is 2.33. The number of nitrogens with zero attached hydrogens (tertiary/aromatic N) is 1. The lowest BCUT2D eigenvalue weighted by Crippen LogP contribution is -2.35. The highest BCUT2D eigenvalue weighted by Crippen LogP contribution is 2.32. The minimum absolute atomic E-state index is 0.420. The van der Waals surface area contributed by atoms with Gasteiger partial charge in [-0.25, -0.2) is 0 Å². The molecule has 1 saturated carbocycles. The summed E-state index contributed by atoms with van der Waals surface area (Å²) in [5.41, 5.74) is 6.20. The fourth-order valence-electron chi connectivity index (χ4n) is 2.49. The van der Waals surface area contributed by atoms with Gasteiger partial charge in [0.2, 0.25) is 0 Å². The molecule has 1 saturated heterocycles. The minimum atomic E-state index is 0.420. The van der Waals surface area contributed by atoms with Crippen LogP contribution in [0.1, 0.15) is 32.6 Å². The summed E-state index contributed by atoms with van der Waals surface area (Å²) in [7, 11) is 0. The first-order chi connectivity index (χ1) is 6.22. The van der Waals surface area contributed by atoms with Crippen LogP contribution in [0.3, 0.4) is 0 Å². The highest BCUT2D eigenvalue weighted by atomic mass is 15.2. The summed E-state index contributed by atoms with van der Waals surface area (Å²) in [5.74, 6) is 1.01. The minimum Gasteiger partial charge on any atom is -0.330 e. The molecule has 0 amide bonds. The Morgan fingerprint density at radius 3 is 2.69 bits per heavy atom. The molecule has 1 atom stereocenters. The molecule has 1 aliphatic carbocycles. The van der Waals surface area contributed by atoms with Crippen LogP contribution in [0.5, 0.6) is 0 Å². The van der Waals surface area contributed by atoms with E-state index in [1.54, 1.807) is 0 Å². The van der Waals surface area contributed by atoms with Crippen molar-refractivity contribution in [2.75, 3.05) is 26.2 Å². The van der Waals surface area contributed by atoms with Gasteiger partial charge in [-0.15, -0.1) is 0 Å². The molecule has 2 fully saturated rings. The van der Waals surface area contributed by atoms with Crippen LogP contribution >= 0.6 is 0 Å². The Morgan fingerprint density at radius 2 is 2.23 bits per heavy atom. The predicted octanol–water partition coefficient (Wildman–Crippen LogP) is 1.46. The first-order valence-electron chi connectivity index (χ1n) is 5.64. The monoisotopic (exact) mass is 182 g/mol. The number of likely N-dealkylation sites (tertiary alicyclic amines) is 1. The van der Waals surface area contributed by atoms with E-state index in [1.807, 2.05) is 0 Å². The van der Waals surface area contributed by atoms with Gasteiger partial charge in [0.15, 0.2) is 0 Å². The van der Waals surface area contributed by atoms with Crippen LogP contribution in [0.25, 0.3) is 0 Å². The van der Waals surface area contributed by atoms with Crippen LogP contribution in [-0.2, 0) is 0 Å². The van der Waals surface area contributed by atoms with E-state index in [2.05, 4.69) is 11.8 Å². The fourth-order valence-corrected chi connectivity index (χ4v) is 2.49. The van der Waals surface area contributed by atoms with Crippen molar-refractivity contribution in [2.45, 2.75) is 32.6 Å². The van der Waals surface area contributed by atoms with Crippen molar-refractivity contribution in [3.05, 3.63) is 0 Å². The molecule has 0 spiro atoms. The highest BCUT2D eigenvalue weighted by molar-refractivity contribution is 4.88. The molecule has 2 N–H and O–H groups in total. The summed E-state index contributed by atoms with van der Waals surface area (Å²) in [6, 6.07) is 0. The molecule has 0 radical (unpaired) electrons. The van der Waals surface area contributed by atoms with Crippen molar-refractivity contribution in [3.63, 3.8) is 0 Å². The normalized spacial score (nSPS) is 36.5. The van der Waals surface area contributed by atoms with Crippen molar-refractivity contribution in [1.29, 1.82) is 0 Å². The van der Waals surface area contributed by atoms with E-state index in [9.17, 15) is 0 Å². The van der Waals surface area contributed by atoms with Crippen molar-refractivity contribution >= 4 is 0 Å². The maximum absolute atomic E-state index is 5.78. The molecular formula is C11H22N2. The second kappa shape index (κ2) is 3.58. The Hall–Kier alpha value is -0.0800. The summed E-state index contributed by atoms with van der Waals surface area (Å²) in [6.45, 7) is 7.04. The molecule has 1 aliphatic heterocycles. The predicted molar refractivity (Wildman–Crippen MR) is 55.6 cm³/mol. The first kappa shape index (κ1) is 9.47. The molecule has 0 aromatic carbocycles. The molecule has 0 aromatic rings. The van der Waals surface area contributed by atoms with E-state index in [0.29, 0.717) is 5.41 Å². The van der Waals surface area contributed by atoms with Gasteiger partial charge in [-0.05, 0) is 43.7 Å². The zero-order valence-electron chi connectivity index (χ0n) is 8.76. The smallest absolute Gasteiger partial charge is 0.00480 e. The zero-order valence-corrected chi connectivity index (χ0v) is 8.76. The SMILES string of the molecule is CC1(CN)CCN(CC2CCC2)C1. The third-order valence-electron chi connectivity index (χ3n) is 3.87. The van der Waals surface area contributed by atoms with E-state index < -0.39 is 0 Å². The molecule has 13 heavy (non-hydrogen) atoms. The van der Waals surface area contributed by atoms with Crippen molar-refractivity contribution in [1.82, 2.24) is 4.90 Å². The van der Waals surface area contributed by atoms with Crippen LogP contribution in [0.15, 0.2) is 0 Å². The van der Waals surface area contributed by atoms with Gasteiger partial charge in [0.05, 0.1) is 0 Å². The molecule has 76 valence electrons. The zero-order chi connectivity index (χ0) is 9.31. The summed E-state index contributed by atoms with van der Waals surface area (Å²) in [4.78, 5) is 2.62.